The second kappa shape index (κ2) is 4.21. The second-order valence-corrected chi connectivity index (χ2v) is 3.65. The van der Waals surface area contributed by atoms with Gasteiger partial charge in [0.25, 0.3) is 0 Å². The number of nitrogens with two attached hydrogens (primary N) is 1. The zero-order valence-corrected chi connectivity index (χ0v) is 9.21. The molecule has 86 valence electrons. The van der Waals surface area contributed by atoms with Crippen LogP contribution in [0.4, 0.5) is 10.5 Å². The molecule has 0 heterocycles. The van der Waals surface area contributed by atoms with Gasteiger partial charge in [-0.1, -0.05) is 29.4 Å². The number of benzene rings is 2. The first-order valence-corrected chi connectivity index (χ1v) is 5.02. The number of carbonyl (C=O) groups is 1. The number of aromatic hydroxyl groups is 1. The average Bonchev–Trinajstić information content (AvgIpc) is 2.32. The number of fused-ring (bicyclic) bond motifs is 1. The van der Waals surface area contributed by atoms with Crippen LogP contribution >= 0.6 is 0 Å². The molecule has 0 atom stereocenters. The molecule has 0 aliphatic carbocycles. The Kier molecular flexibility index (Phi) is 2.74. The number of phenolic OH excluding ortho intramolecular Hbond substituents is 1. The van der Waals surface area contributed by atoms with Gasteiger partial charge in [0.15, 0.2) is 5.75 Å². The number of phenols is 1. The normalized spacial score (nSPS) is 11.1. The number of amides is 2. The van der Waals surface area contributed by atoms with E-state index in [2.05, 4.69) is 10.2 Å². The third kappa shape index (κ3) is 2.08. The van der Waals surface area contributed by atoms with Gasteiger partial charge in [0.1, 0.15) is 5.69 Å². The van der Waals surface area contributed by atoms with Crippen LogP contribution in [0.1, 0.15) is 5.56 Å². The summed E-state index contributed by atoms with van der Waals surface area (Å²) in [5.74, 6) is -0.00352. The molecule has 2 rings (SSSR count). The number of urea groups is 1. The Labute approximate surface area is 97.6 Å². The Morgan fingerprint density at radius 3 is 2.59 bits per heavy atom. The van der Waals surface area contributed by atoms with Crippen LogP contribution in [0.2, 0.25) is 0 Å². The molecule has 0 fully saturated rings. The third-order valence-electron chi connectivity index (χ3n) is 2.46. The Balaban J connectivity index is 2.67. The van der Waals surface area contributed by atoms with Gasteiger partial charge in [-0.25, -0.2) is 4.79 Å². The molecule has 2 aromatic rings. The second-order valence-electron chi connectivity index (χ2n) is 3.65. The molecule has 0 bridgehead atoms. The lowest BCUT2D eigenvalue weighted by Crippen LogP contribution is -2.01. The molecule has 0 spiro atoms. The van der Waals surface area contributed by atoms with E-state index in [1.165, 1.54) is 0 Å². The van der Waals surface area contributed by atoms with Gasteiger partial charge >= 0.3 is 6.03 Å². The van der Waals surface area contributed by atoms with E-state index < -0.39 is 6.03 Å². The minimum atomic E-state index is -0.893. The molecule has 2 amide bonds. The van der Waals surface area contributed by atoms with E-state index >= 15 is 0 Å². The van der Waals surface area contributed by atoms with E-state index in [9.17, 15) is 9.90 Å². The highest BCUT2D eigenvalue weighted by Gasteiger charge is 2.08. The Morgan fingerprint density at radius 1 is 1.29 bits per heavy atom. The predicted octanol–water partition coefficient (Wildman–Crippen LogP) is 3.02. The van der Waals surface area contributed by atoms with Crippen LogP contribution in [0.25, 0.3) is 10.8 Å². The van der Waals surface area contributed by atoms with Crippen molar-refractivity contribution in [1.82, 2.24) is 0 Å². The topological polar surface area (TPSA) is 88.0 Å². The Morgan fingerprint density at radius 2 is 1.94 bits per heavy atom. The van der Waals surface area contributed by atoms with Crippen molar-refractivity contribution in [2.75, 3.05) is 0 Å². The standard InChI is InChI=1S/C12H11N3O2/c1-7-6-10(14-15-12(13)17)11(16)9-5-3-2-4-8(7)9/h2-6,16H,1H3,(H2,13,17). The SMILES string of the molecule is Cc1cc(N=NC(N)=O)c(O)c2ccccc12. The molecule has 0 aliphatic heterocycles. The van der Waals surface area contributed by atoms with E-state index in [-0.39, 0.29) is 11.4 Å². The lowest BCUT2D eigenvalue weighted by Gasteiger charge is -2.06. The monoisotopic (exact) mass is 229 g/mol. The first-order chi connectivity index (χ1) is 8.09. The molecule has 0 aromatic heterocycles. The van der Waals surface area contributed by atoms with Gasteiger partial charge in [0.2, 0.25) is 0 Å². The Bertz CT molecular complexity index is 620. The van der Waals surface area contributed by atoms with E-state index in [1.54, 1.807) is 12.1 Å². The summed E-state index contributed by atoms with van der Waals surface area (Å²) in [7, 11) is 0. The van der Waals surface area contributed by atoms with Crippen molar-refractivity contribution in [3.63, 3.8) is 0 Å². The van der Waals surface area contributed by atoms with E-state index in [0.29, 0.717) is 5.39 Å². The number of rotatable bonds is 1. The maximum absolute atomic E-state index is 10.5. The lowest BCUT2D eigenvalue weighted by molar-refractivity contribution is 0.255. The number of primary amides is 1. The summed E-state index contributed by atoms with van der Waals surface area (Å²) in [4.78, 5) is 10.5. The van der Waals surface area contributed by atoms with Crippen molar-refractivity contribution < 1.29 is 9.90 Å². The summed E-state index contributed by atoms with van der Waals surface area (Å²) < 4.78 is 0. The molecule has 0 saturated carbocycles. The highest BCUT2D eigenvalue weighted by Crippen LogP contribution is 2.36. The summed E-state index contributed by atoms with van der Waals surface area (Å²) >= 11 is 0. The minimum absolute atomic E-state index is 0.00352. The molecular weight excluding hydrogens is 218 g/mol. The quantitative estimate of drug-likeness (QED) is 0.736. The molecule has 5 heteroatoms. The number of carbonyl (C=O) groups excluding carboxylic acids is 1. The summed E-state index contributed by atoms with van der Waals surface area (Å²) in [5.41, 5.74) is 6.04. The smallest absolute Gasteiger partial charge is 0.356 e. The molecule has 3 N–H and O–H groups in total. The molecule has 0 unspecified atom stereocenters. The fourth-order valence-corrected chi connectivity index (χ4v) is 1.70. The van der Waals surface area contributed by atoms with Crippen LogP contribution in [0, 0.1) is 6.92 Å². The van der Waals surface area contributed by atoms with Crippen molar-refractivity contribution in [3.8, 4) is 5.75 Å². The van der Waals surface area contributed by atoms with E-state index in [4.69, 9.17) is 5.73 Å². The van der Waals surface area contributed by atoms with Crippen molar-refractivity contribution in [2.24, 2.45) is 16.0 Å². The third-order valence-corrected chi connectivity index (χ3v) is 2.46. The van der Waals surface area contributed by atoms with Gasteiger partial charge in [-0.3, -0.25) is 0 Å². The summed E-state index contributed by atoms with van der Waals surface area (Å²) in [6.45, 7) is 1.89. The largest absolute Gasteiger partial charge is 0.505 e. The van der Waals surface area contributed by atoms with E-state index in [1.807, 2.05) is 25.1 Å². The highest BCUT2D eigenvalue weighted by atomic mass is 16.3. The van der Waals surface area contributed by atoms with Gasteiger partial charge in [0.05, 0.1) is 0 Å². The summed E-state index contributed by atoms with van der Waals surface area (Å²) in [6.07, 6.45) is 0. The number of hydrogen-bond donors (Lipinski definition) is 2. The number of hydrogen-bond acceptors (Lipinski definition) is 3. The van der Waals surface area contributed by atoms with Crippen molar-refractivity contribution in [3.05, 3.63) is 35.9 Å². The maximum atomic E-state index is 10.5. The van der Waals surface area contributed by atoms with Gasteiger partial charge in [-0.05, 0) is 23.9 Å². The zero-order valence-electron chi connectivity index (χ0n) is 9.21. The molecule has 5 nitrogen and oxygen atoms in total. The van der Waals surface area contributed by atoms with Gasteiger partial charge in [-0.15, -0.1) is 5.11 Å². The van der Waals surface area contributed by atoms with Crippen LogP contribution in [0.3, 0.4) is 0 Å². The molecular formula is C12H11N3O2. The van der Waals surface area contributed by atoms with Gasteiger partial charge in [-0.2, -0.15) is 0 Å². The summed E-state index contributed by atoms with van der Waals surface area (Å²) in [5, 5.41) is 18.4. The van der Waals surface area contributed by atoms with Crippen LogP contribution in [0.15, 0.2) is 40.6 Å². The van der Waals surface area contributed by atoms with Crippen molar-refractivity contribution in [1.29, 1.82) is 0 Å². The highest BCUT2D eigenvalue weighted by molar-refractivity contribution is 5.94. The van der Waals surface area contributed by atoms with Crippen LogP contribution in [-0.2, 0) is 0 Å². The molecule has 0 aliphatic rings. The molecule has 2 aromatic carbocycles. The molecule has 17 heavy (non-hydrogen) atoms. The van der Waals surface area contributed by atoms with E-state index in [0.717, 1.165) is 10.9 Å². The Hall–Kier alpha value is -2.43. The maximum Gasteiger partial charge on any atom is 0.356 e. The molecule has 0 saturated heterocycles. The first-order valence-electron chi connectivity index (χ1n) is 5.02. The average molecular weight is 229 g/mol. The van der Waals surface area contributed by atoms with Gasteiger partial charge < -0.3 is 10.8 Å². The minimum Gasteiger partial charge on any atom is -0.505 e. The molecule has 0 radical (unpaired) electrons. The predicted molar refractivity (Wildman–Crippen MR) is 64.4 cm³/mol. The number of nitrogens with zero attached hydrogens (tertiary/aromatic N) is 2. The first kappa shape index (κ1) is 11.1. The van der Waals surface area contributed by atoms with Crippen LogP contribution < -0.4 is 5.73 Å². The van der Waals surface area contributed by atoms with Crippen LogP contribution in [-0.4, -0.2) is 11.1 Å². The van der Waals surface area contributed by atoms with Gasteiger partial charge in [0, 0.05) is 5.39 Å². The van der Waals surface area contributed by atoms with Crippen molar-refractivity contribution >= 4 is 22.5 Å². The number of aryl methyl sites for hydroxylation is 1. The lowest BCUT2D eigenvalue weighted by atomic mass is 10.0. The fourth-order valence-electron chi connectivity index (χ4n) is 1.70. The van der Waals surface area contributed by atoms with Crippen LogP contribution in [0.5, 0.6) is 5.75 Å². The zero-order chi connectivity index (χ0) is 12.4. The summed E-state index contributed by atoms with van der Waals surface area (Å²) in [6, 6.07) is 8.15. The fraction of sp³-hybridized carbons (Fsp3) is 0.0833. The number of azo groups is 1. The van der Waals surface area contributed by atoms with Crippen molar-refractivity contribution in [2.45, 2.75) is 6.92 Å².